The van der Waals surface area contributed by atoms with E-state index in [4.69, 9.17) is 5.11 Å². The van der Waals surface area contributed by atoms with E-state index in [2.05, 4.69) is 6.07 Å². The standard InChI is InChI=1S/C18H25NO3/c1-13(2)12-19(10-9-17(20)21)18(22)16-8-7-14-5-3-4-6-15(14)11-16/h7-8,11,13H,3-6,9-10,12H2,1-2H3,(H,20,21). The highest BCUT2D eigenvalue weighted by molar-refractivity contribution is 5.94. The lowest BCUT2D eigenvalue weighted by molar-refractivity contribution is -0.137. The molecule has 0 aromatic heterocycles. The summed E-state index contributed by atoms with van der Waals surface area (Å²) in [6.07, 6.45) is 4.52. The Bertz CT molecular complexity index is 551. The highest BCUT2D eigenvalue weighted by Gasteiger charge is 2.19. The van der Waals surface area contributed by atoms with Crippen LogP contribution in [0.4, 0.5) is 0 Å². The lowest BCUT2D eigenvalue weighted by Crippen LogP contribution is -2.36. The van der Waals surface area contributed by atoms with Crippen LogP contribution < -0.4 is 0 Å². The maximum Gasteiger partial charge on any atom is 0.305 e. The molecule has 4 nitrogen and oxygen atoms in total. The molecule has 1 aliphatic rings. The van der Waals surface area contributed by atoms with Crippen LogP contribution in [0.2, 0.25) is 0 Å². The van der Waals surface area contributed by atoms with Crippen molar-refractivity contribution in [2.75, 3.05) is 13.1 Å². The summed E-state index contributed by atoms with van der Waals surface area (Å²) in [5, 5.41) is 8.87. The van der Waals surface area contributed by atoms with Crippen LogP contribution in [0.3, 0.4) is 0 Å². The van der Waals surface area contributed by atoms with E-state index >= 15 is 0 Å². The first-order valence-electron chi connectivity index (χ1n) is 8.10. The third kappa shape index (κ3) is 4.33. The van der Waals surface area contributed by atoms with Crippen molar-refractivity contribution in [3.8, 4) is 0 Å². The highest BCUT2D eigenvalue weighted by atomic mass is 16.4. The molecule has 0 saturated carbocycles. The van der Waals surface area contributed by atoms with Crippen molar-refractivity contribution in [3.05, 3.63) is 34.9 Å². The Morgan fingerprint density at radius 1 is 1.18 bits per heavy atom. The Labute approximate surface area is 132 Å². The Morgan fingerprint density at radius 3 is 2.50 bits per heavy atom. The molecule has 120 valence electrons. The molecule has 1 aromatic carbocycles. The predicted octanol–water partition coefficient (Wildman–Crippen LogP) is 3.14. The minimum Gasteiger partial charge on any atom is -0.481 e. The van der Waals surface area contributed by atoms with Crippen molar-refractivity contribution in [2.45, 2.75) is 46.0 Å². The zero-order chi connectivity index (χ0) is 16.1. The molecule has 0 spiro atoms. The summed E-state index contributed by atoms with van der Waals surface area (Å²) in [6, 6.07) is 5.96. The lowest BCUT2D eigenvalue weighted by Gasteiger charge is -2.25. The highest BCUT2D eigenvalue weighted by Crippen LogP contribution is 2.23. The second kappa shape index (κ2) is 7.43. The number of fused-ring (bicyclic) bond motifs is 1. The van der Waals surface area contributed by atoms with Crippen molar-refractivity contribution in [3.63, 3.8) is 0 Å². The number of nitrogens with zero attached hydrogens (tertiary/aromatic N) is 1. The number of carboxylic acid groups (broad SMARTS) is 1. The first kappa shape index (κ1) is 16.5. The number of benzene rings is 1. The third-order valence-electron chi connectivity index (χ3n) is 4.06. The fourth-order valence-corrected chi connectivity index (χ4v) is 3.00. The summed E-state index contributed by atoms with van der Waals surface area (Å²) in [5.41, 5.74) is 3.32. The summed E-state index contributed by atoms with van der Waals surface area (Å²) in [5.74, 6) is -0.606. The average molecular weight is 303 g/mol. The topological polar surface area (TPSA) is 57.6 Å². The zero-order valence-corrected chi connectivity index (χ0v) is 13.5. The van der Waals surface area contributed by atoms with Crippen LogP contribution in [0.5, 0.6) is 0 Å². The smallest absolute Gasteiger partial charge is 0.305 e. The number of carbonyl (C=O) groups excluding carboxylic acids is 1. The van der Waals surface area contributed by atoms with Gasteiger partial charge in [0, 0.05) is 18.7 Å². The van der Waals surface area contributed by atoms with Crippen molar-refractivity contribution in [1.29, 1.82) is 0 Å². The van der Waals surface area contributed by atoms with E-state index in [1.54, 1.807) is 4.90 Å². The maximum atomic E-state index is 12.7. The summed E-state index contributed by atoms with van der Waals surface area (Å²) >= 11 is 0. The van der Waals surface area contributed by atoms with E-state index in [0.29, 0.717) is 18.0 Å². The number of hydrogen-bond acceptors (Lipinski definition) is 2. The van der Waals surface area contributed by atoms with Gasteiger partial charge in [-0.1, -0.05) is 19.9 Å². The SMILES string of the molecule is CC(C)CN(CCC(=O)O)C(=O)c1ccc2c(c1)CCCC2. The Balaban J connectivity index is 2.16. The van der Waals surface area contributed by atoms with Crippen LogP contribution in [-0.4, -0.2) is 35.0 Å². The molecule has 0 atom stereocenters. The van der Waals surface area contributed by atoms with E-state index in [0.717, 1.165) is 12.8 Å². The molecule has 4 heteroatoms. The number of carbonyl (C=O) groups is 2. The normalized spacial score (nSPS) is 13.8. The molecule has 0 heterocycles. The number of rotatable bonds is 6. The van der Waals surface area contributed by atoms with Crippen LogP contribution in [0.1, 0.15) is 54.6 Å². The Hall–Kier alpha value is -1.84. The maximum absolute atomic E-state index is 12.7. The Kier molecular flexibility index (Phi) is 5.58. The van der Waals surface area contributed by atoms with Crippen molar-refractivity contribution in [1.82, 2.24) is 4.90 Å². The minimum atomic E-state index is -0.869. The first-order chi connectivity index (χ1) is 10.5. The fraction of sp³-hybridized carbons (Fsp3) is 0.556. The largest absolute Gasteiger partial charge is 0.481 e. The Morgan fingerprint density at radius 2 is 1.86 bits per heavy atom. The zero-order valence-electron chi connectivity index (χ0n) is 13.5. The summed E-state index contributed by atoms with van der Waals surface area (Å²) in [7, 11) is 0. The number of aliphatic carboxylic acids is 1. The van der Waals surface area contributed by atoms with Gasteiger partial charge in [-0.2, -0.15) is 0 Å². The molecule has 0 aliphatic heterocycles. The molecule has 1 aliphatic carbocycles. The van der Waals surface area contributed by atoms with Crippen LogP contribution >= 0.6 is 0 Å². The lowest BCUT2D eigenvalue weighted by atomic mass is 9.90. The summed E-state index contributed by atoms with van der Waals surface area (Å²) in [4.78, 5) is 25.2. The molecule has 2 rings (SSSR count). The second-order valence-corrected chi connectivity index (χ2v) is 6.48. The molecule has 0 unspecified atom stereocenters. The summed E-state index contributed by atoms with van der Waals surface area (Å²) in [6.45, 7) is 4.93. The van der Waals surface area contributed by atoms with Crippen LogP contribution in [0.15, 0.2) is 18.2 Å². The molecule has 1 amide bonds. The molecule has 0 fully saturated rings. The van der Waals surface area contributed by atoms with Gasteiger partial charge in [-0.3, -0.25) is 9.59 Å². The van der Waals surface area contributed by atoms with E-state index in [-0.39, 0.29) is 18.9 Å². The number of carboxylic acids is 1. The van der Waals surface area contributed by atoms with Gasteiger partial charge in [-0.05, 0) is 54.9 Å². The molecular formula is C18H25NO3. The number of aryl methyl sites for hydroxylation is 2. The molecule has 0 saturated heterocycles. The van der Waals surface area contributed by atoms with Crippen molar-refractivity contribution >= 4 is 11.9 Å². The van der Waals surface area contributed by atoms with Gasteiger partial charge in [0.15, 0.2) is 0 Å². The molecule has 0 radical (unpaired) electrons. The monoisotopic (exact) mass is 303 g/mol. The fourth-order valence-electron chi connectivity index (χ4n) is 3.00. The van der Waals surface area contributed by atoms with Gasteiger partial charge in [0.25, 0.3) is 5.91 Å². The van der Waals surface area contributed by atoms with Gasteiger partial charge in [0.1, 0.15) is 0 Å². The molecule has 1 N–H and O–H groups in total. The van der Waals surface area contributed by atoms with E-state index in [9.17, 15) is 9.59 Å². The number of hydrogen-bond donors (Lipinski definition) is 1. The van der Waals surface area contributed by atoms with Gasteiger partial charge >= 0.3 is 5.97 Å². The molecule has 22 heavy (non-hydrogen) atoms. The quantitative estimate of drug-likeness (QED) is 0.878. The first-order valence-corrected chi connectivity index (χ1v) is 8.10. The van der Waals surface area contributed by atoms with E-state index in [1.165, 1.54) is 24.0 Å². The van der Waals surface area contributed by atoms with Gasteiger partial charge in [0.2, 0.25) is 0 Å². The molecule has 0 bridgehead atoms. The minimum absolute atomic E-state index is 0.0105. The molecule has 1 aromatic rings. The van der Waals surface area contributed by atoms with Crippen molar-refractivity contribution < 1.29 is 14.7 Å². The van der Waals surface area contributed by atoms with E-state index < -0.39 is 5.97 Å². The van der Waals surface area contributed by atoms with Gasteiger partial charge in [0.05, 0.1) is 6.42 Å². The second-order valence-electron chi connectivity index (χ2n) is 6.48. The van der Waals surface area contributed by atoms with Crippen LogP contribution in [0.25, 0.3) is 0 Å². The van der Waals surface area contributed by atoms with Gasteiger partial charge in [-0.15, -0.1) is 0 Å². The predicted molar refractivity (Wildman–Crippen MR) is 86.1 cm³/mol. The summed E-state index contributed by atoms with van der Waals surface area (Å²) < 4.78 is 0. The van der Waals surface area contributed by atoms with Crippen LogP contribution in [0, 0.1) is 5.92 Å². The van der Waals surface area contributed by atoms with Crippen molar-refractivity contribution in [2.24, 2.45) is 5.92 Å². The average Bonchev–Trinajstić information content (AvgIpc) is 2.49. The molecular weight excluding hydrogens is 278 g/mol. The van der Waals surface area contributed by atoms with Gasteiger partial charge in [-0.25, -0.2) is 0 Å². The van der Waals surface area contributed by atoms with E-state index in [1.807, 2.05) is 26.0 Å². The number of amides is 1. The van der Waals surface area contributed by atoms with Gasteiger partial charge < -0.3 is 10.0 Å². The third-order valence-corrected chi connectivity index (χ3v) is 4.06. The van der Waals surface area contributed by atoms with Crippen LogP contribution in [-0.2, 0) is 17.6 Å².